The van der Waals surface area contributed by atoms with Gasteiger partial charge in [0, 0.05) is 24.0 Å². The molecular formula is C14H17N5O2. The topological polar surface area (TPSA) is 123 Å². The molecule has 1 heterocycles. The maximum absolute atomic E-state index is 12.3. The van der Waals surface area contributed by atoms with Crippen molar-refractivity contribution < 1.29 is 9.59 Å². The Bertz CT molecular complexity index is 686. The molecular weight excluding hydrogens is 270 g/mol. The Morgan fingerprint density at radius 1 is 1.29 bits per heavy atom. The molecule has 6 N–H and O–H groups in total. The zero-order valence-corrected chi connectivity index (χ0v) is 11.6. The lowest BCUT2D eigenvalue weighted by atomic mass is 10.1. The number of hydrazine groups is 1. The number of pyridine rings is 1. The first kappa shape index (κ1) is 14.7. The number of hydrogen-bond acceptors (Lipinski definition) is 5. The number of nitrogens with two attached hydrogens (primary N) is 2. The van der Waals surface area contributed by atoms with Crippen LogP contribution in [0.4, 0.5) is 5.82 Å². The van der Waals surface area contributed by atoms with Gasteiger partial charge in [-0.05, 0) is 12.3 Å². The lowest BCUT2D eigenvalue weighted by Crippen LogP contribution is -2.35. The number of amides is 2. The van der Waals surface area contributed by atoms with E-state index in [0.717, 1.165) is 10.8 Å². The molecule has 1 aromatic carbocycles. The highest BCUT2D eigenvalue weighted by molar-refractivity contribution is 6.09. The Labute approximate surface area is 121 Å². The molecule has 0 aliphatic carbocycles. The SMILES string of the molecule is CC(CC(N)=O)NC(=O)c1cnc(NN)c2ccccc12. The Balaban J connectivity index is 2.34. The van der Waals surface area contributed by atoms with E-state index in [2.05, 4.69) is 15.7 Å². The number of hydrogen-bond donors (Lipinski definition) is 4. The fourth-order valence-electron chi connectivity index (χ4n) is 2.14. The summed E-state index contributed by atoms with van der Waals surface area (Å²) in [5.74, 6) is 5.13. The van der Waals surface area contributed by atoms with Crippen LogP contribution in [0.25, 0.3) is 10.8 Å². The largest absolute Gasteiger partial charge is 0.370 e. The van der Waals surface area contributed by atoms with Crippen molar-refractivity contribution in [2.24, 2.45) is 11.6 Å². The third-order valence-electron chi connectivity index (χ3n) is 3.06. The van der Waals surface area contributed by atoms with Crippen LogP contribution in [-0.4, -0.2) is 22.8 Å². The van der Waals surface area contributed by atoms with Crippen LogP contribution in [0.5, 0.6) is 0 Å². The van der Waals surface area contributed by atoms with Crippen LogP contribution in [0.1, 0.15) is 23.7 Å². The van der Waals surface area contributed by atoms with Crippen molar-refractivity contribution in [3.05, 3.63) is 36.0 Å². The summed E-state index contributed by atoms with van der Waals surface area (Å²) >= 11 is 0. The van der Waals surface area contributed by atoms with Crippen molar-refractivity contribution in [2.45, 2.75) is 19.4 Å². The van der Waals surface area contributed by atoms with Gasteiger partial charge in [0.15, 0.2) is 0 Å². The van der Waals surface area contributed by atoms with Gasteiger partial charge < -0.3 is 16.5 Å². The summed E-state index contributed by atoms with van der Waals surface area (Å²) in [5.41, 5.74) is 8.03. The lowest BCUT2D eigenvalue weighted by Gasteiger charge is -2.14. The number of nitrogen functional groups attached to an aromatic ring is 1. The van der Waals surface area contributed by atoms with Crippen molar-refractivity contribution >= 4 is 28.4 Å². The number of carbonyl (C=O) groups excluding carboxylic acids is 2. The second-order valence-corrected chi connectivity index (χ2v) is 4.76. The van der Waals surface area contributed by atoms with E-state index >= 15 is 0 Å². The monoisotopic (exact) mass is 287 g/mol. The predicted molar refractivity (Wildman–Crippen MR) is 80.3 cm³/mol. The zero-order chi connectivity index (χ0) is 15.4. The van der Waals surface area contributed by atoms with E-state index in [1.807, 2.05) is 24.3 Å². The quantitative estimate of drug-likeness (QED) is 0.471. The summed E-state index contributed by atoms with van der Waals surface area (Å²) < 4.78 is 0. The van der Waals surface area contributed by atoms with E-state index in [4.69, 9.17) is 11.6 Å². The molecule has 0 saturated heterocycles. The molecule has 110 valence electrons. The number of nitrogens with one attached hydrogen (secondary N) is 2. The second kappa shape index (κ2) is 6.19. The average Bonchev–Trinajstić information content (AvgIpc) is 2.44. The molecule has 1 unspecified atom stereocenters. The van der Waals surface area contributed by atoms with Gasteiger partial charge in [-0.15, -0.1) is 0 Å². The molecule has 1 aromatic heterocycles. The molecule has 2 aromatic rings. The maximum Gasteiger partial charge on any atom is 0.253 e. The Morgan fingerprint density at radius 2 is 1.95 bits per heavy atom. The highest BCUT2D eigenvalue weighted by atomic mass is 16.2. The highest BCUT2D eigenvalue weighted by Gasteiger charge is 2.16. The summed E-state index contributed by atoms with van der Waals surface area (Å²) in [5, 5.41) is 4.20. The predicted octanol–water partition coefficient (Wildman–Crippen LogP) is 0.514. The van der Waals surface area contributed by atoms with Crippen LogP contribution in [0, 0.1) is 0 Å². The van der Waals surface area contributed by atoms with E-state index in [1.165, 1.54) is 6.20 Å². The third kappa shape index (κ3) is 3.26. The smallest absolute Gasteiger partial charge is 0.253 e. The first-order valence-corrected chi connectivity index (χ1v) is 6.46. The fraction of sp³-hybridized carbons (Fsp3) is 0.214. The summed E-state index contributed by atoms with van der Waals surface area (Å²) in [4.78, 5) is 27.3. The van der Waals surface area contributed by atoms with E-state index in [1.54, 1.807) is 6.92 Å². The standard InChI is InChI=1S/C14H17N5O2/c1-8(6-12(15)20)18-14(21)11-7-17-13(19-16)10-5-3-2-4-9(10)11/h2-5,7-8H,6,16H2,1H3,(H2,15,20)(H,17,19)(H,18,21). The highest BCUT2D eigenvalue weighted by Crippen LogP contribution is 2.23. The number of nitrogens with zero attached hydrogens (tertiary/aromatic N) is 1. The van der Waals surface area contributed by atoms with Gasteiger partial charge in [-0.2, -0.15) is 0 Å². The molecule has 2 amide bonds. The van der Waals surface area contributed by atoms with Crippen molar-refractivity contribution in [1.82, 2.24) is 10.3 Å². The van der Waals surface area contributed by atoms with Crippen LogP contribution >= 0.6 is 0 Å². The fourth-order valence-corrected chi connectivity index (χ4v) is 2.14. The minimum absolute atomic E-state index is 0.0829. The Morgan fingerprint density at radius 3 is 2.57 bits per heavy atom. The van der Waals surface area contributed by atoms with Gasteiger partial charge in [0.25, 0.3) is 5.91 Å². The number of aromatic nitrogens is 1. The van der Waals surface area contributed by atoms with Gasteiger partial charge in [0.2, 0.25) is 5.91 Å². The van der Waals surface area contributed by atoms with Gasteiger partial charge >= 0.3 is 0 Å². The first-order valence-electron chi connectivity index (χ1n) is 6.46. The molecule has 0 saturated carbocycles. The van der Waals surface area contributed by atoms with Gasteiger partial charge in [0.05, 0.1) is 5.56 Å². The van der Waals surface area contributed by atoms with E-state index < -0.39 is 5.91 Å². The molecule has 21 heavy (non-hydrogen) atoms. The molecule has 0 spiro atoms. The molecule has 0 aliphatic heterocycles. The van der Waals surface area contributed by atoms with Gasteiger partial charge in [0.1, 0.15) is 5.82 Å². The van der Waals surface area contributed by atoms with Gasteiger partial charge in [-0.25, -0.2) is 10.8 Å². The van der Waals surface area contributed by atoms with Gasteiger partial charge in [-0.1, -0.05) is 24.3 Å². The molecule has 0 bridgehead atoms. The van der Waals surface area contributed by atoms with Crippen LogP contribution in [0.2, 0.25) is 0 Å². The summed E-state index contributed by atoms with van der Waals surface area (Å²) in [6, 6.07) is 6.95. The van der Waals surface area contributed by atoms with Crippen molar-refractivity contribution in [3.63, 3.8) is 0 Å². The third-order valence-corrected chi connectivity index (χ3v) is 3.06. The molecule has 0 fully saturated rings. The summed E-state index contributed by atoms with van der Waals surface area (Å²) in [7, 11) is 0. The molecule has 0 aliphatic rings. The van der Waals surface area contributed by atoms with Crippen LogP contribution in [0.15, 0.2) is 30.5 Å². The molecule has 1 atom stereocenters. The Hall–Kier alpha value is -2.67. The molecule has 7 heteroatoms. The van der Waals surface area contributed by atoms with Gasteiger partial charge in [-0.3, -0.25) is 9.59 Å². The minimum atomic E-state index is -0.464. The second-order valence-electron chi connectivity index (χ2n) is 4.76. The molecule has 0 radical (unpaired) electrons. The average molecular weight is 287 g/mol. The van der Waals surface area contributed by atoms with Crippen LogP contribution < -0.4 is 22.3 Å². The lowest BCUT2D eigenvalue weighted by molar-refractivity contribution is -0.118. The van der Waals surface area contributed by atoms with Crippen LogP contribution in [-0.2, 0) is 4.79 Å². The normalized spacial score (nSPS) is 11.9. The van der Waals surface area contributed by atoms with E-state index in [-0.39, 0.29) is 18.4 Å². The number of fused-ring (bicyclic) bond motifs is 1. The van der Waals surface area contributed by atoms with Crippen molar-refractivity contribution in [2.75, 3.05) is 5.43 Å². The molecule has 7 nitrogen and oxygen atoms in total. The van der Waals surface area contributed by atoms with Crippen LogP contribution in [0.3, 0.4) is 0 Å². The summed E-state index contributed by atoms with van der Waals surface area (Å²) in [6.07, 6.45) is 1.53. The van der Waals surface area contributed by atoms with E-state index in [0.29, 0.717) is 11.4 Å². The first-order chi connectivity index (χ1) is 10.0. The zero-order valence-electron chi connectivity index (χ0n) is 11.6. The van der Waals surface area contributed by atoms with Crippen molar-refractivity contribution in [1.29, 1.82) is 0 Å². The van der Waals surface area contributed by atoms with Crippen molar-refractivity contribution in [3.8, 4) is 0 Å². The minimum Gasteiger partial charge on any atom is -0.370 e. The maximum atomic E-state index is 12.3. The number of carbonyl (C=O) groups is 2. The summed E-state index contributed by atoms with van der Waals surface area (Å²) in [6.45, 7) is 1.72. The number of rotatable bonds is 5. The number of primary amides is 1. The molecule has 2 rings (SSSR count). The van der Waals surface area contributed by atoms with E-state index in [9.17, 15) is 9.59 Å². The number of anilines is 1. The Kier molecular flexibility index (Phi) is 4.34. The number of benzene rings is 1.